The van der Waals surface area contributed by atoms with Gasteiger partial charge in [0.05, 0.1) is 24.2 Å². The predicted molar refractivity (Wildman–Crippen MR) is 137 cm³/mol. The number of benzene rings is 2. The van der Waals surface area contributed by atoms with E-state index in [-0.39, 0.29) is 12.5 Å². The molecule has 6 heteroatoms. The van der Waals surface area contributed by atoms with Crippen molar-refractivity contribution in [1.82, 2.24) is 15.3 Å². The second kappa shape index (κ2) is 12.6. The summed E-state index contributed by atoms with van der Waals surface area (Å²) in [5, 5.41) is 3.14. The van der Waals surface area contributed by atoms with Crippen LogP contribution in [-0.4, -0.2) is 34.7 Å². The summed E-state index contributed by atoms with van der Waals surface area (Å²) in [6.45, 7) is 9.37. The van der Waals surface area contributed by atoms with Gasteiger partial charge >= 0.3 is 5.97 Å². The molecule has 0 amide bonds. The number of rotatable bonds is 13. The number of fused-ring (bicyclic) bond motifs is 1. The average molecular weight is 466 g/mol. The molecule has 0 atom stereocenters. The minimum Gasteiger partial charge on any atom is -0.494 e. The van der Waals surface area contributed by atoms with Crippen molar-refractivity contribution >= 4 is 17.0 Å². The van der Waals surface area contributed by atoms with Gasteiger partial charge in [-0.3, -0.25) is 4.79 Å². The summed E-state index contributed by atoms with van der Waals surface area (Å²) < 4.78 is 11.2. The van der Waals surface area contributed by atoms with Crippen molar-refractivity contribution in [2.45, 2.75) is 78.4 Å². The number of H-pyrrole nitrogens is 1. The standard InChI is InChI=1S/C28H39N3O3/c1-5-6-7-8-9-16-33-23-13-10-21(11-14-23)18-26-30-24-15-12-22(17-25(24)31-26)19-29-20-27(32)34-28(2,3)4/h10-15,17,29H,5-9,16,18-20H2,1-4H3,(H,30,31). The summed E-state index contributed by atoms with van der Waals surface area (Å²) in [7, 11) is 0. The van der Waals surface area contributed by atoms with E-state index in [0.29, 0.717) is 6.54 Å². The lowest BCUT2D eigenvalue weighted by molar-refractivity contribution is -0.153. The Labute approximate surface area is 203 Å². The van der Waals surface area contributed by atoms with Gasteiger partial charge in [-0.15, -0.1) is 0 Å². The Hall–Kier alpha value is -2.86. The van der Waals surface area contributed by atoms with Gasteiger partial charge in [0.1, 0.15) is 17.2 Å². The number of carbonyl (C=O) groups excluding carboxylic acids is 1. The molecule has 3 rings (SSSR count). The molecule has 0 aliphatic heterocycles. The van der Waals surface area contributed by atoms with Crippen molar-refractivity contribution in [3.63, 3.8) is 0 Å². The van der Waals surface area contributed by atoms with Gasteiger partial charge in [0.25, 0.3) is 0 Å². The van der Waals surface area contributed by atoms with Crippen LogP contribution in [0.2, 0.25) is 0 Å². The van der Waals surface area contributed by atoms with Gasteiger partial charge in [0, 0.05) is 13.0 Å². The molecule has 0 radical (unpaired) electrons. The molecule has 3 aromatic rings. The van der Waals surface area contributed by atoms with Crippen LogP contribution in [0.25, 0.3) is 11.0 Å². The topological polar surface area (TPSA) is 76.2 Å². The molecule has 0 unspecified atom stereocenters. The summed E-state index contributed by atoms with van der Waals surface area (Å²) in [4.78, 5) is 20.0. The van der Waals surface area contributed by atoms with Crippen molar-refractivity contribution in [3.05, 3.63) is 59.4 Å². The molecule has 2 aromatic carbocycles. The third-order valence-electron chi connectivity index (χ3n) is 5.43. The number of ether oxygens (including phenoxy) is 2. The molecule has 1 heterocycles. The first-order chi connectivity index (χ1) is 16.3. The predicted octanol–water partition coefficient (Wildman–Crippen LogP) is 5.93. The Bertz CT molecular complexity index is 1040. The zero-order chi connectivity index (χ0) is 24.4. The van der Waals surface area contributed by atoms with Crippen LogP contribution >= 0.6 is 0 Å². The van der Waals surface area contributed by atoms with E-state index < -0.39 is 5.60 Å². The average Bonchev–Trinajstić information content (AvgIpc) is 3.17. The van der Waals surface area contributed by atoms with E-state index in [9.17, 15) is 4.79 Å². The Morgan fingerprint density at radius 1 is 1.00 bits per heavy atom. The number of aromatic amines is 1. The van der Waals surface area contributed by atoms with Crippen LogP contribution in [0.3, 0.4) is 0 Å². The van der Waals surface area contributed by atoms with Crippen molar-refractivity contribution in [1.29, 1.82) is 0 Å². The van der Waals surface area contributed by atoms with E-state index in [1.54, 1.807) is 0 Å². The van der Waals surface area contributed by atoms with E-state index in [1.807, 2.05) is 45.0 Å². The van der Waals surface area contributed by atoms with E-state index >= 15 is 0 Å². The fourth-order valence-electron chi connectivity index (χ4n) is 3.78. The molecular weight excluding hydrogens is 426 g/mol. The number of carbonyl (C=O) groups is 1. The summed E-state index contributed by atoms with van der Waals surface area (Å²) >= 11 is 0. The normalized spacial score (nSPS) is 11.6. The summed E-state index contributed by atoms with van der Waals surface area (Å²) in [5.41, 5.74) is 3.73. The molecule has 0 bridgehead atoms. The van der Waals surface area contributed by atoms with Crippen LogP contribution in [0.4, 0.5) is 0 Å². The number of esters is 1. The van der Waals surface area contributed by atoms with Gasteiger partial charge in [-0.25, -0.2) is 4.98 Å². The highest BCUT2D eigenvalue weighted by Crippen LogP contribution is 2.18. The summed E-state index contributed by atoms with van der Waals surface area (Å²) in [6, 6.07) is 14.4. The molecule has 0 fully saturated rings. The zero-order valence-electron chi connectivity index (χ0n) is 21.1. The van der Waals surface area contributed by atoms with Crippen molar-refractivity contribution in [2.24, 2.45) is 0 Å². The molecule has 0 spiro atoms. The highest BCUT2D eigenvalue weighted by atomic mass is 16.6. The van der Waals surface area contributed by atoms with Crippen molar-refractivity contribution in [3.8, 4) is 5.75 Å². The van der Waals surface area contributed by atoms with Crippen molar-refractivity contribution < 1.29 is 14.3 Å². The van der Waals surface area contributed by atoms with Crippen LogP contribution in [0.5, 0.6) is 5.75 Å². The van der Waals surface area contributed by atoms with E-state index in [2.05, 4.69) is 35.4 Å². The lowest BCUT2D eigenvalue weighted by Crippen LogP contribution is -2.31. The van der Waals surface area contributed by atoms with Crippen LogP contribution in [-0.2, 0) is 22.5 Å². The van der Waals surface area contributed by atoms with Crippen LogP contribution < -0.4 is 10.1 Å². The molecule has 34 heavy (non-hydrogen) atoms. The lowest BCUT2D eigenvalue weighted by Gasteiger charge is -2.19. The molecule has 0 saturated carbocycles. The quantitative estimate of drug-likeness (QED) is 0.241. The molecule has 0 aliphatic carbocycles. The molecule has 184 valence electrons. The number of unbranched alkanes of at least 4 members (excludes halogenated alkanes) is 4. The molecule has 1 aromatic heterocycles. The van der Waals surface area contributed by atoms with Gasteiger partial charge in [0.15, 0.2) is 0 Å². The molecule has 6 nitrogen and oxygen atoms in total. The molecule has 0 saturated heterocycles. The van der Waals surface area contributed by atoms with Gasteiger partial charge in [-0.2, -0.15) is 0 Å². The van der Waals surface area contributed by atoms with Gasteiger partial charge in [-0.1, -0.05) is 50.8 Å². The second-order valence-corrected chi connectivity index (χ2v) is 9.81. The van der Waals surface area contributed by atoms with Crippen LogP contribution in [0, 0.1) is 0 Å². The minimum absolute atomic E-state index is 0.180. The summed E-state index contributed by atoms with van der Waals surface area (Å²) in [5.74, 6) is 1.60. The number of hydrogen-bond donors (Lipinski definition) is 2. The largest absolute Gasteiger partial charge is 0.494 e. The highest BCUT2D eigenvalue weighted by Gasteiger charge is 2.15. The van der Waals surface area contributed by atoms with E-state index in [0.717, 1.165) is 47.6 Å². The molecular formula is C28H39N3O3. The third-order valence-corrected chi connectivity index (χ3v) is 5.43. The third kappa shape index (κ3) is 8.82. The first-order valence-electron chi connectivity index (χ1n) is 12.4. The Kier molecular flexibility index (Phi) is 9.52. The Morgan fingerprint density at radius 2 is 1.74 bits per heavy atom. The van der Waals surface area contributed by atoms with Crippen molar-refractivity contribution in [2.75, 3.05) is 13.2 Å². The fraction of sp³-hybridized carbons (Fsp3) is 0.500. The lowest BCUT2D eigenvalue weighted by atomic mass is 10.1. The number of aromatic nitrogens is 2. The Balaban J connectivity index is 1.47. The number of nitrogens with zero attached hydrogens (tertiary/aromatic N) is 1. The maximum Gasteiger partial charge on any atom is 0.320 e. The van der Waals surface area contributed by atoms with E-state index in [1.165, 1.54) is 31.2 Å². The summed E-state index contributed by atoms with van der Waals surface area (Å²) in [6.07, 6.45) is 6.95. The first kappa shape index (κ1) is 25.8. The smallest absolute Gasteiger partial charge is 0.320 e. The van der Waals surface area contributed by atoms with E-state index in [4.69, 9.17) is 14.5 Å². The maximum atomic E-state index is 11.8. The minimum atomic E-state index is -0.468. The number of imidazole rings is 1. The van der Waals surface area contributed by atoms with Crippen LogP contribution in [0.1, 0.15) is 76.8 Å². The van der Waals surface area contributed by atoms with Gasteiger partial charge in [-0.05, 0) is 62.6 Å². The molecule has 0 aliphatic rings. The second-order valence-electron chi connectivity index (χ2n) is 9.81. The molecule has 2 N–H and O–H groups in total. The number of hydrogen-bond acceptors (Lipinski definition) is 5. The highest BCUT2D eigenvalue weighted by molar-refractivity contribution is 5.76. The SMILES string of the molecule is CCCCCCCOc1ccc(Cc2nc3cc(CNCC(=O)OC(C)(C)C)ccc3[nH]2)cc1. The Morgan fingerprint density at radius 3 is 2.47 bits per heavy atom. The van der Waals surface area contributed by atoms with Crippen LogP contribution in [0.15, 0.2) is 42.5 Å². The zero-order valence-corrected chi connectivity index (χ0v) is 21.1. The van der Waals surface area contributed by atoms with Gasteiger partial charge < -0.3 is 19.8 Å². The fourth-order valence-corrected chi connectivity index (χ4v) is 3.78. The maximum absolute atomic E-state index is 11.8. The van der Waals surface area contributed by atoms with Gasteiger partial charge in [0.2, 0.25) is 0 Å². The monoisotopic (exact) mass is 465 g/mol. The number of nitrogens with one attached hydrogen (secondary N) is 2. The first-order valence-corrected chi connectivity index (χ1v) is 12.4.